The van der Waals surface area contributed by atoms with Gasteiger partial charge in [0.05, 0.1) is 12.7 Å². The molecular weight excluding hydrogens is 339 g/mol. The van der Waals surface area contributed by atoms with Crippen molar-refractivity contribution in [1.29, 1.82) is 0 Å². The van der Waals surface area contributed by atoms with E-state index in [1.165, 1.54) is 13.2 Å². The maximum atomic E-state index is 12.8. The average Bonchev–Trinajstić information content (AvgIpc) is 2.32. The van der Waals surface area contributed by atoms with Crippen molar-refractivity contribution in [3.05, 3.63) is 27.7 Å². The van der Waals surface area contributed by atoms with Crippen molar-refractivity contribution in [2.75, 3.05) is 7.11 Å². The molecule has 0 aliphatic heterocycles. The van der Waals surface area contributed by atoms with E-state index in [1.807, 2.05) is 0 Å². The van der Waals surface area contributed by atoms with Crippen molar-refractivity contribution in [2.24, 2.45) is 4.99 Å². The third-order valence-corrected chi connectivity index (χ3v) is 4.13. The smallest absolute Gasteiger partial charge is 0.416 e. The highest BCUT2D eigenvalue weighted by Crippen LogP contribution is 2.51. The standard InChI is InChI=1S/C13H11BrF3NO2/c1-20-10-6-8(13(15,16)17)5-9(14)11(10)12(18-7-19)3-2-4-12/h5-6H,2-4H2,1H3. The fourth-order valence-electron chi connectivity index (χ4n) is 2.37. The molecule has 0 spiro atoms. The molecule has 0 heterocycles. The number of hydrogen-bond acceptors (Lipinski definition) is 3. The molecule has 20 heavy (non-hydrogen) atoms. The van der Waals surface area contributed by atoms with E-state index in [-0.39, 0.29) is 10.2 Å². The maximum absolute atomic E-state index is 12.8. The molecule has 1 aliphatic rings. The molecule has 1 aromatic rings. The van der Waals surface area contributed by atoms with Crippen LogP contribution in [-0.2, 0) is 16.5 Å². The summed E-state index contributed by atoms with van der Waals surface area (Å²) in [6.07, 6.45) is -0.934. The van der Waals surface area contributed by atoms with Crippen molar-refractivity contribution in [3.8, 4) is 5.75 Å². The van der Waals surface area contributed by atoms with Gasteiger partial charge in [0.2, 0.25) is 6.08 Å². The summed E-state index contributed by atoms with van der Waals surface area (Å²) >= 11 is 3.14. The van der Waals surface area contributed by atoms with Gasteiger partial charge in [-0.1, -0.05) is 15.9 Å². The lowest BCUT2D eigenvalue weighted by atomic mass is 9.72. The number of nitrogens with zero attached hydrogens (tertiary/aromatic N) is 1. The van der Waals surface area contributed by atoms with E-state index >= 15 is 0 Å². The number of isocyanates is 1. The van der Waals surface area contributed by atoms with Crippen molar-refractivity contribution >= 4 is 22.0 Å². The summed E-state index contributed by atoms with van der Waals surface area (Å²) in [4.78, 5) is 14.4. The van der Waals surface area contributed by atoms with Crippen LogP contribution in [0.4, 0.5) is 13.2 Å². The zero-order valence-corrected chi connectivity index (χ0v) is 12.1. The monoisotopic (exact) mass is 349 g/mol. The van der Waals surface area contributed by atoms with Crippen LogP contribution in [0.25, 0.3) is 0 Å². The topological polar surface area (TPSA) is 38.7 Å². The molecule has 1 aromatic carbocycles. The van der Waals surface area contributed by atoms with Gasteiger partial charge >= 0.3 is 6.18 Å². The minimum atomic E-state index is -4.46. The third-order valence-electron chi connectivity index (χ3n) is 3.51. The van der Waals surface area contributed by atoms with Crippen molar-refractivity contribution < 1.29 is 22.7 Å². The van der Waals surface area contributed by atoms with E-state index < -0.39 is 17.3 Å². The van der Waals surface area contributed by atoms with Crippen LogP contribution >= 0.6 is 15.9 Å². The van der Waals surface area contributed by atoms with Crippen LogP contribution in [0, 0.1) is 0 Å². The van der Waals surface area contributed by atoms with Crippen LogP contribution in [0.3, 0.4) is 0 Å². The fraction of sp³-hybridized carbons (Fsp3) is 0.462. The predicted molar refractivity (Wildman–Crippen MR) is 69.3 cm³/mol. The highest BCUT2D eigenvalue weighted by molar-refractivity contribution is 9.10. The number of methoxy groups -OCH3 is 1. The summed E-state index contributed by atoms with van der Waals surface area (Å²) in [6.45, 7) is 0. The van der Waals surface area contributed by atoms with E-state index in [9.17, 15) is 18.0 Å². The van der Waals surface area contributed by atoms with E-state index in [0.29, 0.717) is 18.4 Å². The van der Waals surface area contributed by atoms with Gasteiger partial charge in [-0.2, -0.15) is 18.2 Å². The van der Waals surface area contributed by atoms with Crippen LogP contribution < -0.4 is 4.74 Å². The molecule has 1 saturated carbocycles. The van der Waals surface area contributed by atoms with Gasteiger partial charge in [0, 0.05) is 10.0 Å². The first-order valence-electron chi connectivity index (χ1n) is 5.88. The quantitative estimate of drug-likeness (QED) is 0.606. The normalized spacial score (nSPS) is 17.1. The molecule has 0 radical (unpaired) electrons. The Balaban J connectivity index is 2.62. The molecule has 3 nitrogen and oxygen atoms in total. The Bertz CT molecular complexity index is 576. The molecule has 108 valence electrons. The molecule has 0 bridgehead atoms. The Morgan fingerprint density at radius 3 is 2.45 bits per heavy atom. The van der Waals surface area contributed by atoms with Gasteiger partial charge in [0.25, 0.3) is 0 Å². The van der Waals surface area contributed by atoms with Gasteiger partial charge in [-0.3, -0.25) is 0 Å². The number of alkyl halides is 3. The van der Waals surface area contributed by atoms with Gasteiger partial charge in [0.15, 0.2) is 0 Å². The maximum Gasteiger partial charge on any atom is 0.416 e. The van der Waals surface area contributed by atoms with E-state index in [2.05, 4.69) is 20.9 Å². The van der Waals surface area contributed by atoms with Crippen LogP contribution in [0.1, 0.15) is 30.4 Å². The van der Waals surface area contributed by atoms with Crippen LogP contribution in [0.15, 0.2) is 21.6 Å². The molecule has 0 N–H and O–H groups in total. The number of hydrogen-bond donors (Lipinski definition) is 0. The summed E-state index contributed by atoms with van der Waals surface area (Å²) in [7, 11) is 1.29. The number of aliphatic imine (C=N–C) groups is 1. The predicted octanol–water partition coefficient (Wildman–Crippen LogP) is 4.19. The summed E-state index contributed by atoms with van der Waals surface area (Å²) in [6, 6.07) is 1.92. The van der Waals surface area contributed by atoms with Gasteiger partial charge < -0.3 is 4.74 Å². The molecular formula is C13H11BrF3NO2. The third kappa shape index (κ3) is 2.47. The van der Waals surface area contributed by atoms with Crippen molar-refractivity contribution in [2.45, 2.75) is 31.0 Å². The Hall–Kier alpha value is -1.33. The zero-order valence-electron chi connectivity index (χ0n) is 10.6. The molecule has 0 amide bonds. The van der Waals surface area contributed by atoms with Crippen molar-refractivity contribution in [3.63, 3.8) is 0 Å². The molecule has 1 fully saturated rings. The Labute approximate surface area is 122 Å². The zero-order chi connectivity index (χ0) is 15.0. The fourth-order valence-corrected chi connectivity index (χ4v) is 3.19. The minimum absolute atomic E-state index is 0.0744. The first-order valence-corrected chi connectivity index (χ1v) is 6.67. The Morgan fingerprint density at radius 1 is 1.40 bits per heavy atom. The first kappa shape index (κ1) is 15.1. The number of ether oxygens (including phenoxy) is 1. The molecule has 0 unspecified atom stereocenters. The van der Waals surface area contributed by atoms with E-state index in [1.54, 1.807) is 0 Å². The van der Waals surface area contributed by atoms with E-state index in [0.717, 1.165) is 18.6 Å². The summed E-state index contributed by atoms with van der Waals surface area (Å²) in [5, 5.41) is 0. The molecule has 0 saturated heterocycles. The van der Waals surface area contributed by atoms with E-state index in [4.69, 9.17) is 4.74 Å². The van der Waals surface area contributed by atoms with Crippen LogP contribution in [0.2, 0.25) is 0 Å². The number of carbonyl (C=O) groups excluding carboxylic acids is 1. The Morgan fingerprint density at radius 2 is 2.05 bits per heavy atom. The van der Waals surface area contributed by atoms with Crippen LogP contribution in [0.5, 0.6) is 5.75 Å². The Kier molecular flexibility index (Phi) is 3.93. The molecule has 0 aromatic heterocycles. The second kappa shape index (κ2) is 5.22. The number of rotatable bonds is 3. The van der Waals surface area contributed by atoms with Crippen molar-refractivity contribution in [1.82, 2.24) is 0 Å². The molecule has 7 heteroatoms. The summed E-state index contributed by atoms with van der Waals surface area (Å²) in [5.74, 6) is 0.0744. The number of halogens is 4. The van der Waals surface area contributed by atoms with Gasteiger partial charge in [-0.15, -0.1) is 0 Å². The highest BCUT2D eigenvalue weighted by Gasteiger charge is 2.44. The van der Waals surface area contributed by atoms with Gasteiger partial charge in [-0.25, -0.2) is 4.79 Å². The molecule has 0 atom stereocenters. The highest BCUT2D eigenvalue weighted by atomic mass is 79.9. The number of benzene rings is 1. The second-order valence-electron chi connectivity index (χ2n) is 4.62. The van der Waals surface area contributed by atoms with Crippen LogP contribution in [-0.4, -0.2) is 13.2 Å². The lowest BCUT2D eigenvalue weighted by Gasteiger charge is -2.38. The molecule has 2 rings (SSSR count). The van der Waals surface area contributed by atoms with Gasteiger partial charge in [0.1, 0.15) is 11.3 Å². The lowest BCUT2D eigenvalue weighted by molar-refractivity contribution is -0.137. The summed E-state index contributed by atoms with van der Waals surface area (Å²) in [5.41, 5.74) is -1.16. The largest absolute Gasteiger partial charge is 0.496 e. The molecule has 1 aliphatic carbocycles. The van der Waals surface area contributed by atoms with Gasteiger partial charge in [-0.05, 0) is 31.4 Å². The SMILES string of the molecule is COc1cc(C(F)(F)F)cc(Br)c1C1(N=C=O)CCC1. The minimum Gasteiger partial charge on any atom is -0.496 e. The lowest BCUT2D eigenvalue weighted by Crippen LogP contribution is -2.33. The average molecular weight is 350 g/mol. The second-order valence-corrected chi connectivity index (χ2v) is 5.48. The first-order chi connectivity index (χ1) is 9.34. The summed E-state index contributed by atoms with van der Waals surface area (Å²) < 4.78 is 43.7.